The molecule has 0 spiro atoms. The molecule has 2 aromatic heterocycles. The maximum Gasteiger partial charge on any atom is 0.251 e. The highest BCUT2D eigenvalue weighted by Gasteiger charge is 2.17. The molecule has 0 atom stereocenters. The predicted octanol–water partition coefficient (Wildman–Crippen LogP) is 1.99. The standard InChI is InChI=1S/C19H21N5O2/c1-14-6-8-23(9-7-14)17-4-5-19(26)24(12-17)13-18(25)22-16-3-2-15(10-20)21-11-16/h2-5,11-12,14H,6-9,13H2,1H3,(H,22,25). The molecule has 1 aliphatic heterocycles. The van der Waals surface area contributed by atoms with Gasteiger partial charge in [-0.1, -0.05) is 6.92 Å². The van der Waals surface area contributed by atoms with E-state index in [4.69, 9.17) is 5.26 Å². The molecule has 3 rings (SSSR count). The van der Waals surface area contributed by atoms with E-state index in [2.05, 4.69) is 22.1 Å². The van der Waals surface area contributed by atoms with Crippen LogP contribution in [0.15, 0.2) is 41.5 Å². The van der Waals surface area contributed by atoms with E-state index in [0.29, 0.717) is 5.69 Å². The number of pyridine rings is 2. The van der Waals surface area contributed by atoms with Crippen LogP contribution in [0.1, 0.15) is 25.5 Å². The summed E-state index contributed by atoms with van der Waals surface area (Å²) in [5, 5.41) is 11.4. The Labute approximate surface area is 151 Å². The van der Waals surface area contributed by atoms with Gasteiger partial charge in [0.15, 0.2) is 0 Å². The van der Waals surface area contributed by atoms with E-state index in [1.54, 1.807) is 12.3 Å². The van der Waals surface area contributed by atoms with E-state index in [1.807, 2.05) is 12.1 Å². The lowest BCUT2D eigenvalue weighted by atomic mass is 9.99. The molecule has 0 radical (unpaired) electrons. The van der Waals surface area contributed by atoms with Gasteiger partial charge in [-0.25, -0.2) is 4.98 Å². The molecule has 26 heavy (non-hydrogen) atoms. The average Bonchev–Trinajstić information content (AvgIpc) is 2.65. The van der Waals surface area contributed by atoms with E-state index in [-0.39, 0.29) is 23.7 Å². The quantitative estimate of drug-likeness (QED) is 0.910. The molecule has 134 valence electrons. The second-order valence-electron chi connectivity index (χ2n) is 6.62. The minimum atomic E-state index is -0.317. The molecule has 1 aliphatic rings. The number of nitriles is 1. The molecule has 0 bridgehead atoms. The van der Waals surface area contributed by atoms with Crippen molar-refractivity contribution in [3.8, 4) is 6.07 Å². The monoisotopic (exact) mass is 351 g/mol. The van der Waals surface area contributed by atoms with Gasteiger partial charge in [-0.15, -0.1) is 0 Å². The van der Waals surface area contributed by atoms with Crippen LogP contribution in [0.5, 0.6) is 0 Å². The van der Waals surface area contributed by atoms with Gasteiger partial charge in [0.1, 0.15) is 18.3 Å². The number of hydrogen-bond donors (Lipinski definition) is 1. The van der Waals surface area contributed by atoms with Crippen molar-refractivity contribution in [3.05, 3.63) is 52.7 Å². The van der Waals surface area contributed by atoms with Crippen LogP contribution in [0.4, 0.5) is 11.4 Å². The molecule has 7 heteroatoms. The molecule has 0 unspecified atom stereocenters. The number of piperidine rings is 1. The summed E-state index contributed by atoms with van der Waals surface area (Å²) in [6, 6.07) is 8.38. The number of amides is 1. The molecular weight excluding hydrogens is 330 g/mol. The number of hydrogen-bond acceptors (Lipinski definition) is 5. The third-order valence-corrected chi connectivity index (χ3v) is 4.59. The summed E-state index contributed by atoms with van der Waals surface area (Å²) >= 11 is 0. The minimum absolute atomic E-state index is 0.0725. The zero-order valence-corrected chi connectivity index (χ0v) is 14.7. The van der Waals surface area contributed by atoms with Crippen LogP contribution in [-0.2, 0) is 11.3 Å². The highest BCUT2D eigenvalue weighted by Crippen LogP contribution is 2.21. The fourth-order valence-corrected chi connectivity index (χ4v) is 2.99. The molecule has 1 N–H and O–H groups in total. The zero-order chi connectivity index (χ0) is 18.5. The number of nitrogens with one attached hydrogen (secondary N) is 1. The van der Waals surface area contributed by atoms with E-state index in [9.17, 15) is 9.59 Å². The number of rotatable bonds is 4. The lowest BCUT2D eigenvalue weighted by molar-refractivity contribution is -0.116. The Morgan fingerprint density at radius 1 is 1.31 bits per heavy atom. The van der Waals surface area contributed by atoms with Crippen molar-refractivity contribution in [1.29, 1.82) is 5.26 Å². The third kappa shape index (κ3) is 4.28. The van der Waals surface area contributed by atoms with Gasteiger partial charge < -0.3 is 14.8 Å². The molecule has 1 amide bonds. The first-order valence-corrected chi connectivity index (χ1v) is 8.66. The lowest BCUT2D eigenvalue weighted by Crippen LogP contribution is -2.34. The third-order valence-electron chi connectivity index (χ3n) is 4.59. The summed E-state index contributed by atoms with van der Waals surface area (Å²) in [5.41, 5.74) is 1.52. The minimum Gasteiger partial charge on any atom is -0.370 e. The van der Waals surface area contributed by atoms with Gasteiger partial charge in [-0.2, -0.15) is 5.26 Å². The van der Waals surface area contributed by atoms with Crippen LogP contribution < -0.4 is 15.8 Å². The molecule has 0 aromatic carbocycles. The Bertz CT molecular complexity index is 874. The van der Waals surface area contributed by atoms with Crippen LogP contribution in [0.2, 0.25) is 0 Å². The summed E-state index contributed by atoms with van der Waals surface area (Å²) in [6.07, 6.45) is 5.43. The molecule has 2 aromatic rings. The van der Waals surface area contributed by atoms with Crippen molar-refractivity contribution >= 4 is 17.3 Å². The first kappa shape index (κ1) is 17.7. The van der Waals surface area contributed by atoms with Crippen molar-refractivity contribution in [2.45, 2.75) is 26.3 Å². The molecule has 0 saturated carbocycles. The Morgan fingerprint density at radius 3 is 2.73 bits per heavy atom. The van der Waals surface area contributed by atoms with Gasteiger partial charge >= 0.3 is 0 Å². The van der Waals surface area contributed by atoms with Gasteiger partial charge in [-0.3, -0.25) is 9.59 Å². The van der Waals surface area contributed by atoms with Gasteiger partial charge in [-0.05, 0) is 37.0 Å². The highest BCUT2D eigenvalue weighted by molar-refractivity contribution is 5.90. The summed E-state index contributed by atoms with van der Waals surface area (Å²) in [7, 11) is 0. The van der Waals surface area contributed by atoms with Gasteiger partial charge in [0, 0.05) is 25.4 Å². The average molecular weight is 351 g/mol. The van der Waals surface area contributed by atoms with Crippen molar-refractivity contribution in [2.75, 3.05) is 23.3 Å². The molecule has 1 fully saturated rings. The van der Waals surface area contributed by atoms with Crippen molar-refractivity contribution in [2.24, 2.45) is 5.92 Å². The second kappa shape index (κ2) is 7.83. The maximum absolute atomic E-state index is 12.2. The summed E-state index contributed by atoms with van der Waals surface area (Å²) in [4.78, 5) is 30.5. The molecule has 7 nitrogen and oxygen atoms in total. The molecule has 1 saturated heterocycles. The van der Waals surface area contributed by atoms with Crippen molar-refractivity contribution in [1.82, 2.24) is 9.55 Å². The Balaban J connectivity index is 1.68. The number of aromatic nitrogens is 2. The largest absolute Gasteiger partial charge is 0.370 e. The van der Waals surface area contributed by atoms with Crippen molar-refractivity contribution < 1.29 is 4.79 Å². The Hall–Kier alpha value is -3.14. The molecule has 3 heterocycles. The first-order chi connectivity index (χ1) is 12.5. The molecule has 0 aliphatic carbocycles. The SMILES string of the molecule is CC1CCN(c2ccc(=O)n(CC(=O)Nc3ccc(C#N)nc3)c2)CC1. The van der Waals surface area contributed by atoms with Gasteiger partial charge in [0.2, 0.25) is 5.91 Å². The number of anilines is 2. The van der Waals surface area contributed by atoms with Crippen LogP contribution in [-0.4, -0.2) is 28.5 Å². The van der Waals surface area contributed by atoms with Crippen LogP contribution in [0.3, 0.4) is 0 Å². The number of carbonyl (C=O) groups is 1. The predicted molar refractivity (Wildman–Crippen MR) is 98.9 cm³/mol. The maximum atomic E-state index is 12.2. The highest BCUT2D eigenvalue weighted by atomic mass is 16.2. The molecular formula is C19H21N5O2. The van der Waals surface area contributed by atoms with Gasteiger partial charge in [0.25, 0.3) is 5.56 Å². The van der Waals surface area contributed by atoms with Gasteiger partial charge in [0.05, 0.1) is 17.6 Å². The summed E-state index contributed by atoms with van der Waals surface area (Å²) in [5.74, 6) is 0.409. The number of carbonyl (C=O) groups excluding carboxylic acids is 1. The van der Waals surface area contributed by atoms with E-state index in [0.717, 1.165) is 37.5 Å². The fourth-order valence-electron chi connectivity index (χ4n) is 2.99. The lowest BCUT2D eigenvalue weighted by Gasteiger charge is -2.32. The normalized spacial score (nSPS) is 14.7. The van der Waals surface area contributed by atoms with E-state index in [1.165, 1.54) is 22.9 Å². The van der Waals surface area contributed by atoms with Crippen LogP contribution in [0.25, 0.3) is 0 Å². The zero-order valence-electron chi connectivity index (χ0n) is 14.7. The van der Waals surface area contributed by atoms with Crippen LogP contribution >= 0.6 is 0 Å². The summed E-state index contributed by atoms with van der Waals surface area (Å²) < 4.78 is 1.42. The fraction of sp³-hybridized carbons (Fsp3) is 0.368. The van der Waals surface area contributed by atoms with Crippen LogP contribution in [0, 0.1) is 17.2 Å². The van der Waals surface area contributed by atoms with Crippen molar-refractivity contribution in [3.63, 3.8) is 0 Å². The summed E-state index contributed by atoms with van der Waals surface area (Å²) in [6.45, 7) is 4.10. The van der Waals surface area contributed by atoms with E-state index < -0.39 is 0 Å². The topological polar surface area (TPSA) is 91.0 Å². The smallest absolute Gasteiger partial charge is 0.251 e. The number of nitrogens with zero attached hydrogens (tertiary/aromatic N) is 4. The first-order valence-electron chi connectivity index (χ1n) is 8.66. The Kier molecular flexibility index (Phi) is 5.32. The Morgan fingerprint density at radius 2 is 2.08 bits per heavy atom. The second-order valence-corrected chi connectivity index (χ2v) is 6.62. The van der Waals surface area contributed by atoms with E-state index >= 15 is 0 Å².